The summed E-state index contributed by atoms with van der Waals surface area (Å²) in [4.78, 5) is 30.5. The number of likely N-dealkylation sites (tertiary alicyclic amines) is 1. The highest BCUT2D eigenvalue weighted by Crippen LogP contribution is 2.40. The second-order valence-electron chi connectivity index (χ2n) is 10.4. The smallest absolute Gasteiger partial charge is 0.295 e. The molecule has 2 fully saturated rings. The lowest BCUT2D eigenvalue weighted by atomic mass is 9.95. The van der Waals surface area contributed by atoms with Crippen LogP contribution in [0.1, 0.15) is 43.4 Å². The Kier molecular flexibility index (Phi) is 10.2. The van der Waals surface area contributed by atoms with Crippen molar-refractivity contribution in [2.75, 3.05) is 60.1 Å². The Labute approximate surface area is 242 Å². The normalized spacial score (nSPS) is 19.7. The number of aliphatic hydroxyl groups excluding tert-OH is 1. The topological polar surface area (TPSA) is 117 Å². The minimum absolute atomic E-state index is 0.0239. The van der Waals surface area contributed by atoms with Crippen LogP contribution in [0.5, 0.6) is 5.75 Å². The number of amides is 1. The number of carbonyl (C=O) groups excluding carboxylic acids is 2. The Hall–Kier alpha value is -3.25. The van der Waals surface area contributed by atoms with Crippen molar-refractivity contribution in [1.82, 2.24) is 14.1 Å². The van der Waals surface area contributed by atoms with Crippen molar-refractivity contribution >= 4 is 27.5 Å². The van der Waals surface area contributed by atoms with Crippen molar-refractivity contribution in [3.8, 4) is 5.75 Å². The van der Waals surface area contributed by atoms with Crippen molar-refractivity contribution in [2.45, 2.75) is 37.1 Å². The summed E-state index contributed by atoms with van der Waals surface area (Å²) in [6, 6.07) is 12.1. The fraction of sp³-hybridized carbons (Fsp3) is 0.467. The lowest BCUT2D eigenvalue weighted by Crippen LogP contribution is -2.38. The lowest BCUT2D eigenvalue weighted by Gasteiger charge is -2.29. The molecular weight excluding hydrogens is 546 g/mol. The average Bonchev–Trinajstić information content (AvgIpc) is 3.23. The summed E-state index contributed by atoms with van der Waals surface area (Å²) < 4.78 is 37.3. The SMILES string of the molecule is CCCCOc1ccc([C@H]2C(=C(O)c3ccc(S(=O)(=O)N(C)C)cc3)C(=O)C(=O)N2CCCN2CCOCC2)cc1. The fourth-order valence-electron chi connectivity index (χ4n) is 4.98. The van der Waals surface area contributed by atoms with Crippen molar-refractivity contribution in [3.63, 3.8) is 0 Å². The van der Waals surface area contributed by atoms with Crippen LogP contribution in [0.3, 0.4) is 0 Å². The number of sulfonamides is 1. The van der Waals surface area contributed by atoms with E-state index in [0.29, 0.717) is 44.1 Å². The number of benzene rings is 2. The summed E-state index contributed by atoms with van der Waals surface area (Å²) >= 11 is 0. The summed E-state index contributed by atoms with van der Waals surface area (Å²) in [5, 5.41) is 11.4. The zero-order valence-corrected chi connectivity index (χ0v) is 24.7. The molecule has 222 valence electrons. The lowest BCUT2D eigenvalue weighted by molar-refractivity contribution is -0.140. The van der Waals surface area contributed by atoms with Gasteiger partial charge in [-0.2, -0.15) is 0 Å². The highest BCUT2D eigenvalue weighted by Gasteiger charge is 2.45. The molecule has 0 saturated carbocycles. The van der Waals surface area contributed by atoms with E-state index in [4.69, 9.17) is 9.47 Å². The van der Waals surface area contributed by atoms with Crippen molar-refractivity contribution < 1.29 is 32.6 Å². The molecule has 2 heterocycles. The summed E-state index contributed by atoms with van der Waals surface area (Å²) in [6.07, 6.45) is 2.60. The first-order chi connectivity index (χ1) is 19.6. The van der Waals surface area contributed by atoms with E-state index in [2.05, 4.69) is 11.8 Å². The van der Waals surface area contributed by atoms with E-state index >= 15 is 0 Å². The molecule has 41 heavy (non-hydrogen) atoms. The standard InChI is InChI=1S/C30H39N3O7S/c1-4-5-19-40-24-11-7-22(8-12-24)27-26(28(34)23-9-13-25(14-10-23)41(37,38)31(2)3)29(35)30(36)33(27)16-6-15-32-17-20-39-21-18-32/h7-14,27,34H,4-6,15-21H2,1-3H3/t27-/m0/s1. The summed E-state index contributed by atoms with van der Waals surface area (Å²) in [6.45, 7) is 6.75. The quantitative estimate of drug-likeness (QED) is 0.175. The van der Waals surface area contributed by atoms with Gasteiger partial charge in [0.2, 0.25) is 10.0 Å². The second-order valence-corrected chi connectivity index (χ2v) is 12.5. The number of ketones is 1. The van der Waals surface area contributed by atoms with Crippen molar-refractivity contribution in [2.24, 2.45) is 0 Å². The number of carbonyl (C=O) groups is 2. The van der Waals surface area contributed by atoms with E-state index in [0.717, 1.165) is 36.8 Å². The molecule has 2 saturated heterocycles. The molecule has 1 amide bonds. The number of ether oxygens (including phenoxy) is 2. The van der Waals surface area contributed by atoms with E-state index in [9.17, 15) is 23.1 Å². The van der Waals surface area contributed by atoms with E-state index in [1.807, 2.05) is 12.1 Å². The molecule has 2 aliphatic rings. The largest absolute Gasteiger partial charge is 0.507 e. The van der Waals surface area contributed by atoms with Crippen LogP contribution in [-0.2, 0) is 24.3 Å². The molecule has 0 radical (unpaired) electrons. The van der Waals surface area contributed by atoms with Gasteiger partial charge >= 0.3 is 0 Å². The zero-order valence-electron chi connectivity index (χ0n) is 23.9. The Balaban J connectivity index is 1.66. The maximum absolute atomic E-state index is 13.4. The average molecular weight is 586 g/mol. The number of hydrogen-bond acceptors (Lipinski definition) is 8. The van der Waals surface area contributed by atoms with Gasteiger partial charge in [0.25, 0.3) is 11.7 Å². The van der Waals surface area contributed by atoms with Crippen LogP contribution in [0.2, 0.25) is 0 Å². The minimum Gasteiger partial charge on any atom is -0.507 e. The van der Waals surface area contributed by atoms with Crippen LogP contribution in [0.4, 0.5) is 0 Å². The van der Waals surface area contributed by atoms with Gasteiger partial charge in [-0.25, -0.2) is 12.7 Å². The Morgan fingerprint density at radius 2 is 1.66 bits per heavy atom. The molecule has 11 heteroatoms. The van der Waals surface area contributed by atoms with Crippen LogP contribution >= 0.6 is 0 Å². The molecule has 1 N–H and O–H groups in total. The number of nitrogens with zero attached hydrogens (tertiary/aromatic N) is 3. The monoisotopic (exact) mass is 585 g/mol. The maximum Gasteiger partial charge on any atom is 0.295 e. The molecule has 4 rings (SSSR count). The summed E-state index contributed by atoms with van der Waals surface area (Å²) in [7, 11) is -0.801. The van der Waals surface area contributed by atoms with Crippen molar-refractivity contribution in [3.05, 3.63) is 65.2 Å². The van der Waals surface area contributed by atoms with Gasteiger partial charge in [-0.1, -0.05) is 25.5 Å². The fourth-order valence-corrected chi connectivity index (χ4v) is 5.88. The van der Waals surface area contributed by atoms with E-state index in [-0.39, 0.29) is 21.8 Å². The minimum atomic E-state index is -3.67. The number of rotatable bonds is 12. The summed E-state index contributed by atoms with van der Waals surface area (Å²) in [5.41, 5.74) is 0.898. The molecule has 2 aromatic rings. The zero-order chi connectivity index (χ0) is 29.6. The Bertz CT molecular complexity index is 1350. The third-order valence-corrected chi connectivity index (χ3v) is 9.22. The first-order valence-electron chi connectivity index (χ1n) is 14.0. The number of hydrogen-bond donors (Lipinski definition) is 1. The predicted octanol–water partition coefficient (Wildman–Crippen LogP) is 3.26. The third kappa shape index (κ3) is 6.98. The van der Waals surface area contributed by atoms with Gasteiger partial charge in [-0.15, -0.1) is 0 Å². The molecule has 2 aliphatic heterocycles. The highest BCUT2D eigenvalue weighted by atomic mass is 32.2. The summed E-state index contributed by atoms with van der Waals surface area (Å²) in [5.74, 6) is -1.11. The van der Waals surface area contributed by atoms with Crippen molar-refractivity contribution in [1.29, 1.82) is 0 Å². The van der Waals surface area contributed by atoms with Crippen LogP contribution in [-0.4, -0.2) is 99.4 Å². The Morgan fingerprint density at radius 3 is 2.27 bits per heavy atom. The molecule has 0 unspecified atom stereocenters. The number of unbranched alkanes of at least 4 members (excludes halogenated alkanes) is 1. The molecule has 2 aromatic carbocycles. The second kappa shape index (κ2) is 13.6. The van der Waals surface area contributed by atoms with Gasteiger partial charge in [0.05, 0.1) is 36.3 Å². The molecule has 0 bridgehead atoms. The van der Waals surface area contributed by atoms with Crippen LogP contribution in [0, 0.1) is 0 Å². The van der Waals surface area contributed by atoms with Crippen LogP contribution in [0.25, 0.3) is 5.76 Å². The number of morpholine rings is 1. The molecule has 0 spiro atoms. The molecule has 10 nitrogen and oxygen atoms in total. The highest BCUT2D eigenvalue weighted by molar-refractivity contribution is 7.89. The van der Waals surface area contributed by atoms with E-state index in [1.165, 1.54) is 43.3 Å². The first kappa shape index (κ1) is 30.7. The molecule has 0 aliphatic carbocycles. The number of Topliss-reactive ketones (excluding diaryl/α,β-unsaturated/α-hetero) is 1. The third-order valence-electron chi connectivity index (χ3n) is 7.39. The molecule has 1 atom stereocenters. The predicted molar refractivity (Wildman–Crippen MR) is 155 cm³/mol. The van der Waals surface area contributed by atoms with Gasteiger partial charge in [-0.05, 0) is 54.8 Å². The maximum atomic E-state index is 13.4. The van der Waals surface area contributed by atoms with Crippen LogP contribution in [0.15, 0.2) is 59.0 Å². The van der Waals surface area contributed by atoms with Gasteiger partial charge in [0.1, 0.15) is 11.5 Å². The molecular formula is C30H39N3O7S. The van der Waals surface area contributed by atoms with E-state index < -0.39 is 27.8 Å². The van der Waals surface area contributed by atoms with Gasteiger partial charge in [0.15, 0.2) is 0 Å². The van der Waals surface area contributed by atoms with Gasteiger partial charge in [0, 0.05) is 45.8 Å². The Morgan fingerprint density at radius 1 is 1.00 bits per heavy atom. The van der Waals surface area contributed by atoms with Gasteiger partial charge < -0.3 is 19.5 Å². The first-order valence-corrected chi connectivity index (χ1v) is 15.4. The van der Waals surface area contributed by atoms with Gasteiger partial charge in [-0.3, -0.25) is 14.5 Å². The van der Waals surface area contributed by atoms with Crippen LogP contribution < -0.4 is 4.74 Å². The molecule has 0 aromatic heterocycles. The number of aliphatic hydroxyl groups is 1. The van der Waals surface area contributed by atoms with E-state index in [1.54, 1.807) is 12.1 Å².